The standard InChI is InChI=1S/C38H42FN7O7S2/c39-29-9-6-7-24-19-45(21-28(24)29)37(50)53-26-17-32-33(47)43-38(35(49)44-55(51,52)27-11-12-27)18-25(38)8-4-2-1-3-5-10-30(34(48)46(32)20-26)41-36-42-31(22-54-36)23-13-15-40-16-14-23/h4,6-9,13-16,22,25-27,30,32H,1-3,5,10-12,17-21H2,(H,41,42)(H,43,47)(H,44,49)/t25-,26-,30+,32+,38-/m1/s1. The summed E-state index contributed by atoms with van der Waals surface area (Å²) in [7, 11) is -3.90. The van der Waals surface area contributed by atoms with Gasteiger partial charge in [-0.3, -0.25) is 29.0 Å². The number of halogens is 1. The maximum absolute atomic E-state index is 14.6. The topological polar surface area (TPSA) is 180 Å². The minimum absolute atomic E-state index is 0.0255. The zero-order chi connectivity index (χ0) is 38.3. The van der Waals surface area contributed by atoms with E-state index in [1.54, 1.807) is 24.5 Å². The molecule has 55 heavy (non-hydrogen) atoms. The Morgan fingerprint density at radius 3 is 2.65 bits per heavy atom. The summed E-state index contributed by atoms with van der Waals surface area (Å²) < 4.78 is 48.3. The molecule has 290 valence electrons. The largest absolute Gasteiger partial charge is 0.444 e. The van der Waals surface area contributed by atoms with Crippen molar-refractivity contribution in [3.05, 3.63) is 77.2 Å². The van der Waals surface area contributed by atoms with Gasteiger partial charge in [0.15, 0.2) is 5.13 Å². The predicted molar refractivity (Wildman–Crippen MR) is 200 cm³/mol. The minimum atomic E-state index is -3.90. The van der Waals surface area contributed by atoms with Gasteiger partial charge in [0.2, 0.25) is 21.8 Å². The van der Waals surface area contributed by atoms with Crippen LogP contribution < -0.4 is 15.4 Å². The molecule has 0 bridgehead atoms. The van der Waals surface area contributed by atoms with Crippen molar-refractivity contribution in [1.29, 1.82) is 0 Å². The predicted octanol–water partition coefficient (Wildman–Crippen LogP) is 4.25. The number of sulfonamides is 1. The fourth-order valence-corrected chi connectivity index (χ4v) is 9.86. The molecule has 3 fully saturated rings. The number of hydrogen-bond acceptors (Lipinski definition) is 11. The number of aromatic nitrogens is 2. The van der Waals surface area contributed by atoms with Crippen LogP contribution in [0.15, 0.2) is 60.3 Å². The Bertz CT molecular complexity index is 2130. The molecule has 0 radical (unpaired) electrons. The van der Waals surface area contributed by atoms with E-state index in [1.165, 1.54) is 27.2 Å². The second kappa shape index (κ2) is 15.0. The Morgan fingerprint density at radius 1 is 1.05 bits per heavy atom. The fraction of sp³-hybridized carbons (Fsp3) is 0.474. The number of hydrogen-bond donors (Lipinski definition) is 3. The molecule has 2 aliphatic carbocycles. The zero-order valence-corrected chi connectivity index (χ0v) is 31.6. The molecule has 1 aromatic carbocycles. The van der Waals surface area contributed by atoms with Gasteiger partial charge in [0.1, 0.15) is 29.5 Å². The molecular formula is C38H42FN7O7S2. The highest BCUT2D eigenvalue weighted by molar-refractivity contribution is 7.91. The molecular weight excluding hydrogens is 750 g/mol. The third-order valence-corrected chi connectivity index (χ3v) is 13.7. The van der Waals surface area contributed by atoms with Crippen molar-refractivity contribution in [3.8, 4) is 11.3 Å². The maximum atomic E-state index is 14.6. The number of amides is 4. The molecule has 3 aliphatic heterocycles. The fourth-order valence-electron chi connectivity index (χ4n) is 7.72. The van der Waals surface area contributed by atoms with Crippen LogP contribution >= 0.6 is 11.3 Å². The molecule has 8 rings (SSSR count). The number of nitrogens with one attached hydrogen (secondary N) is 3. The summed E-state index contributed by atoms with van der Waals surface area (Å²) in [4.78, 5) is 67.7. The molecule has 5 atom stereocenters. The first-order valence-electron chi connectivity index (χ1n) is 18.7. The van der Waals surface area contributed by atoms with Crippen LogP contribution in [-0.4, -0.2) is 87.5 Å². The number of ether oxygens (including phenoxy) is 1. The summed E-state index contributed by atoms with van der Waals surface area (Å²) in [5, 5.41) is 7.93. The van der Waals surface area contributed by atoms with E-state index in [2.05, 4.69) is 20.3 Å². The van der Waals surface area contributed by atoms with Crippen LogP contribution in [0.1, 0.15) is 68.9 Å². The Balaban J connectivity index is 1.06. The van der Waals surface area contributed by atoms with E-state index >= 15 is 0 Å². The van der Waals surface area contributed by atoms with E-state index in [0.717, 1.165) is 18.4 Å². The molecule has 3 aromatic rings. The van der Waals surface area contributed by atoms with Crippen molar-refractivity contribution in [3.63, 3.8) is 0 Å². The average Bonchev–Trinajstić information content (AvgIpc) is 3.97. The van der Waals surface area contributed by atoms with Gasteiger partial charge in [-0.05, 0) is 62.3 Å². The summed E-state index contributed by atoms with van der Waals surface area (Å²) in [5.41, 5.74) is 1.15. The van der Waals surface area contributed by atoms with Gasteiger partial charge in [0, 0.05) is 47.8 Å². The SMILES string of the molecule is O=C1N[C@]2(C(=O)NS(=O)(=O)C3CC3)C[C@H]2C=CCCCCC[C@H](Nc2nc(-c3ccncc3)cs2)C(=O)N2C[C@H](OC(=O)N3Cc4cccc(F)c4C3)C[C@@H]12. The highest BCUT2D eigenvalue weighted by Gasteiger charge is 2.62. The van der Waals surface area contributed by atoms with Gasteiger partial charge in [0.05, 0.1) is 24.0 Å². The monoisotopic (exact) mass is 791 g/mol. The zero-order valence-electron chi connectivity index (χ0n) is 30.0. The number of carbonyl (C=O) groups excluding carboxylic acids is 4. The van der Waals surface area contributed by atoms with Crippen LogP contribution in [0.5, 0.6) is 0 Å². The molecule has 5 heterocycles. The second-order valence-corrected chi connectivity index (χ2v) is 17.8. The number of nitrogens with zero attached hydrogens (tertiary/aromatic N) is 4. The molecule has 1 saturated heterocycles. The van der Waals surface area contributed by atoms with E-state index < -0.39 is 74.5 Å². The Hall–Kier alpha value is -4.90. The van der Waals surface area contributed by atoms with Crippen LogP contribution in [-0.2, 0) is 42.2 Å². The Kier molecular flexibility index (Phi) is 10.1. The van der Waals surface area contributed by atoms with Crippen LogP contribution in [0.4, 0.5) is 14.3 Å². The molecule has 17 heteroatoms. The minimum Gasteiger partial charge on any atom is -0.444 e. The lowest BCUT2D eigenvalue weighted by atomic mass is 10.1. The number of anilines is 1. The van der Waals surface area contributed by atoms with E-state index in [-0.39, 0.29) is 32.5 Å². The third-order valence-electron chi connectivity index (χ3n) is 11.1. The van der Waals surface area contributed by atoms with E-state index in [4.69, 9.17) is 9.72 Å². The molecule has 2 saturated carbocycles. The van der Waals surface area contributed by atoms with Gasteiger partial charge >= 0.3 is 6.09 Å². The molecule has 3 N–H and O–H groups in total. The lowest BCUT2D eigenvalue weighted by molar-refractivity contribution is -0.140. The quantitative estimate of drug-likeness (QED) is 0.293. The van der Waals surface area contributed by atoms with Crippen LogP contribution in [0.2, 0.25) is 0 Å². The van der Waals surface area contributed by atoms with Crippen molar-refractivity contribution < 1.29 is 36.7 Å². The molecule has 0 unspecified atom stereocenters. The number of pyridine rings is 1. The highest BCUT2D eigenvalue weighted by atomic mass is 32.2. The summed E-state index contributed by atoms with van der Waals surface area (Å²) >= 11 is 1.34. The van der Waals surface area contributed by atoms with Gasteiger partial charge in [-0.1, -0.05) is 37.1 Å². The van der Waals surface area contributed by atoms with Gasteiger partial charge in [0.25, 0.3) is 5.91 Å². The van der Waals surface area contributed by atoms with Gasteiger partial charge < -0.3 is 20.3 Å². The number of allylic oxidation sites excluding steroid dienone is 1. The lowest BCUT2D eigenvalue weighted by Crippen LogP contribution is -2.57. The summed E-state index contributed by atoms with van der Waals surface area (Å²) in [6.07, 6.45) is 10.1. The van der Waals surface area contributed by atoms with E-state index in [1.807, 2.05) is 29.7 Å². The van der Waals surface area contributed by atoms with E-state index in [0.29, 0.717) is 54.1 Å². The van der Waals surface area contributed by atoms with Crippen molar-refractivity contribution in [2.75, 3.05) is 11.9 Å². The molecule has 4 amide bonds. The van der Waals surface area contributed by atoms with Crippen molar-refractivity contribution >= 4 is 50.3 Å². The second-order valence-electron chi connectivity index (χ2n) is 15.0. The van der Waals surface area contributed by atoms with Crippen LogP contribution in [0, 0.1) is 11.7 Å². The molecule has 5 aliphatic rings. The lowest BCUT2D eigenvalue weighted by Gasteiger charge is -2.29. The first-order valence-corrected chi connectivity index (χ1v) is 21.1. The summed E-state index contributed by atoms with van der Waals surface area (Å²) in [6, 6.07) is 6.42. The molecule has 14 nitrogen and oxygen atoms in total. The van der Waals surface area contributed by atoms with Crippen molar-refractivity contribution in [2.45, 2.75) is 99.9 Å². The molecule has 2 aromatic heterocycles. The third kappa shape index (κ3) is 7.81. The number of fused-ring (bicyclic) bond motifs is 3. The summed E-state index contributed by atoms with van der Waals surface area (Å²) in [5.74, 6) is -2.71. The smallest absolute Gasteiger partial charge is 0.410 e. The summed E-state index contributed by atoms with van der Waals surface area (Å²) in [6.45, 7) is 0.0786. The Labute approximate surface area is 322 Å². The normalized spacial score (nSPS) is 26.9. The van der Waals surface area contributed by atoms with Gasteiger partial charge in [-0.2, -0.15) is 0 Å². The first-order chi connectivity index (χ1) is 26.5. The van der Waals surface area contributed by atoms with Crippen molar-refractivity contribution in [1.82, 2.24) is 29.8 Å². The van der Waals surface area contributed by atoms with Gasteiger partial charge in [-0.25, -0.2) is 22.6 Å². The van der Waals surface area contributed by atoms with Crippen LogP contribution in [0.25, 0.3) is 11.3 Å². The van der Waals surface area contributed by atoms with Gasteiger partial charge in [-0.15, -0.1) is 11.3 Å². The average molecular weight is 792 g/mol. The number of rotatable bonds is 7. The Morgan fingerprint density at radius 2 is 1.87 bits per heavy atom. The highest BCUT2D eigenvalue weighted by Crippen LogP contribution is 2.46. The number of carbonyl (C=O) groups is 4. The number of benzene rings is 1. The van der Waals surface area contributed by atoms with Crippen molar-refractivity contribution in [2.24, 2.45) is 5.92 Å². The number of thiazole rings is 1. The molecule has 0 spiro atoms. The maximum Gasteiger partial charge on any atom is 0.410 e. The van der Waals surface area contributed by atoms with E-state index in [9.17, 15) is 32.0 Å². The first kappa shape index (κ1) is 37.0. The van der Waals surface area contributed by atoms with Crippen LogP contribution in [0.3, 0.4) is 0 Å².